The minimum absolute atomic E-state index is 0.205. The molecule has 136 valence electrons. The number of hydrogen-bond donors (Lipinski definition) is 1. The third-order valence-corrected chi connectivity index (χ3v) is 3.12. The smallest absolute Gasteiger partial charge is 0.344 e. The summed E-state index contributed by atoms with van der Waals surface area (Å²) >= 11 is 0. The van der Waals surface area contributed by atoms with Gasteiger partial charge in [-0.15, -0.1) is 0 Å². The van der Waals surface area contributed by atoms with Gasteiger partial charge in [-0.1, -0.05) is 0 Å². The third-order valence-electron chi connectivity index (χ3n) is 3.12. The highest BCUT2D eigenvalue weighted by molar-refractivity contribution is 5.99. The highest BCUT2D eigenvalue weighted by atomic mass is 19.1. The molecule has 1 N–H and O–H groups in total. The molecule has 0 radical (unpaired) electrons. The van der Waals surface area contributed by atoms with Crippen LogP contribution < -0.4 is 10.1 Å². The molecule has 2 rings (SSSR count). The molecule has 0 aliphatic rings. The van der Waals surface area contributed by atoms with Crippen LogP contribution in [0.1, 0.15) is 17.3 Å². The van der Waals surface area contributed by atoms with E-state index in [1.54, 1.807) is 0 Å². The average molecular weight is 363 g/mol. The molecule has 8 heteroatoms. The highest BCUT2D eigenvalue weighted by Crippen LogP contribution is 2.15. The van der Waals surface area contributed by atoms with Gasteiger partial charge in [0, 0.05) is 12.6 Å². The van der Waals surface area contributed by atoms with Gasteiger partial charge in [0.15, 0.2) is 13.2 Å². The Morgan fingerprint density at radius 1 is 1.00 bits per heavy atom. The van der Waals surface area contributed by atoms with E-state index in [1.165, 1.54) is 31.2 Å². The summed E-state index contributed by atoms with van der Waals surface area (Å²) in [4.78, 5) is 34.4. The van der Waals surface area contributed by atoms with Crippen molar-refractivity contribution in [3.8, 4) is 5.75 Å². The summed E-state index contributed by atoms with van der Waals surface area (Å²) in [5.41, 5.74) is -0.0670. The average Bonchev–Trinajstić information content (AvgIpc) is 2.58. The van der Waals surface area contributed by atoms with Gasteiger partial charge in [0.2, 0.25) is 11.7 Å². The molecule has 0 bridgehead atoms. The van der Waals surface area contributed by atoms with Crippen LogP contribution in [-0.4, -0.2) is 30.9 Å². The maximum Gasteiger partial charge on any atom is 0.344 e. The van der Waals surface area contributed by atoms with E-state index >= 15 is 0 Å². The van der Waals surface area contributed by atoms with Gasteiger partial charge in [-0.3, -0.25) is 9.59 Å². The molecule has 0 aliphatic heterocycles. The van der Waals surface area contributed by atoms with Gasteiger partial charge in [0.25, 0.3) is 0 Å². The largest absolute Gasteiger partial charge is 0.482 e. The standard InChI is InChI=1S/C18H15F2NO5/c1-11(22)21-13-4-7-15(16(20)8-13)17(23)9-26-18(24)10-25-14-5-2-12(19)3-6-14/h2-8H,9-10H2,1H3,(H,21,22). The molecule has 6 nitrogen and oxygen atoms in total. The second-order valence-corrected chi connectivity index (χ2v) is 5.20. The van der Waals surface area contributed by atoms with Gasteiger partial charge >= 0.3 is 5.97 Å². The fourth-order valence-electron chi connectivity index (χ4n) is 1.96. The Bertz CT molecular complexity index is 821. The van der Waals surface area contributed by atoms with Crippen molar-refractivity contribution >= 4 is 23.3 Å². The molecule has 26 heavy (non-hydrogen) atoms. The van der Waals surface area contributed by atoms with Crippen LogP contribution in [-0.2, 0) is 14.3 Å². The summed E-state index contributed by atoms with van der Waals surface area (Å²) in [5, 5.41) is 2.38. The van der Waals surface area contributed by atoms with Crippen molar-refractivity contribution in [2.75, 3.05) is 18.5 Å². The van der Waals surface area contributed by atoms with Crippen LogP contribution in [0, 0.1) is 11.6 Å². The van der Waals surface area contributed by atoms with E-state index in [4.69, 9.17) is 9.47 Å². The number of anilines is 1. The van der Waals surface area contributed by atoms with E-state index in [9.17, 15) is 23.2 Å². The van der Waals surface area contributed by atoms with Crippen LogP contribution in [0.15, 0.2) is 42.5 Å². The maximum atomic E-state index is 13.9. The van der Waals surface area contributed by atoms with Crippen LogP contribution in [0.2, 0.25) is 0 Å². The minimum atomic E-state index is -0.847. The normalized spacial score (nSPS) is 10.1. The lowest BCUT2D eigenvalue weighted by Gasteiger charge is -2.08. The summed E-state index contributed by atoms with van der Waals surface area (Å²) in [6.07, 6.45) is 0. The number of amides is 1. The van der Waals surface area contributed by atoms with Gasteiger partial charge in [0.05, 0.1) is 5.56 Å². The Morgan fingerprint density at radius 2 is 1.69 bits per heavy atom. The summed E-state index contributed by atoms with van der Waals surface area (Å²) < 4.78 is 36.4. The summed E-state index contributed by atoms with van der Waals surface area (Å²) in [7, 11) is 0. The highest BCUT2D eigenvalue weighted by Gasteiger charge is 2.15. The zero-order valence-electron chi connectivity index (χ0n) is 13.8. The van der Waals surface area contributed by atoms with Gasteiger partial charge in [-0.2, -0.15) is 0 Å². The van der Waals surface area contributed by atoms with Crippen LogP contribution in [0.4, 0.5) is 14.5 Å². The molecule has 0 heterocycles. The van der Waals surface area contributed by atoms with E-state index < -0.39 is 36.6 Å². The monoisotopic (exact) mass is 363 g/mol. The van der Waals surface area contributed by atoms with E-state index in [0.717, 1.165) is 18.2 Å². The maximum absolute atomic E-state index is 13.9. The quantitative estimate of drug-likeness (QED) is 0.604. The van der Waals surface area contributed by atoms with Crippen molar-refractivity contribution in [2.24, 2.45) is 0 Å². The van der Waals surface area contributed by atoms with Crippen molar-refractivity contribution in [1.82, 2.24) is 0 Å². The molecule has 0 fully saturated rings. The van der Waals surface area contributed by atoms with Crippen molar-refractivity contribution in [1.29, 1.82) is 0 Å². The van der Waals surface area contributed by atoms with E-state index in [-0.39, 0.29) is 22.9 Å². The Hall–Kier alpha value is -3.29. The Kier molecular flexibility index (Phi) is 6.37. The third kappa shape index (κ3) is 5.66. The second-order valence-electron chi connectivity index (χ2n) is 5.20. The Morgan fingerprint density at radius 3 is 2.31 bits per heavy atom. The van der Waals surface area contributed by atoms with Gasteiger partial charge in [-0.05, 0) is 42.5 Å². The van der Waals surface area contributed by atoms with Crippen LogP contribution in [0.3, 0.4) is 0 Å². The van der Waals surface area contributed by atoms with Gasteiger partial charge in [0.1, 0.15) is 17.4 Å². The van der Waals surface area contributed by atoms with Crippen molar-refractivity contribution in [3.63, 3.8) is 0 Å². The number of carbonyl (C=O) groups excluding carboxylic acids is 3. The van der Waals surface area contributed by atoms with Crippen molar-refractivity contribution in [3.05, 3.63) is 59.7 Å². The summed E-state index contributed by atoms with van der Waals surface area (Å²) in [6.45, 7) is 0.120. The lowest BCUT2D eigenvalue weighted by Crippen LogP contribution is -2.20. The molecule has 1 amide bonds. The number of ketones is 1. The van der Waals surface area contributed by atoms with Crippen molar-refractivity contribution < 1.29 is 32.6 Å². The molecule has 0 atom stereocenters. The summed E-state index contributed by atoms with van der Waals surface area (Å²) in [6, 6.07) is 8.53. The predicted octanol–water partition coefficient (Wildman–Crippen LogP) is 2.73. The predicted molar refractivity (Wildman–Crippen MR) is 87.9 cm³/mol. The summed E-state index contributed by atoms with van der Waals surface area (Å²) in [5.74, 6) is -2.99. The number of Topliss-reactive ketones (excluding diaryl/α,β-unsaturated/α-hetero) is 1. The lowest BCUT2D eigenvalue weighted by molar-refractivity contribution is -0.144. The first-order chi connectivity index (χ1) is 12.3. The number of esters is 1. The molecule has 2 aromatic rings. The first-order valence-electron chi connectivity index (χ1n) is 7.49. The number of hydrogen-bond acceptors (Lipinski definition) is 5. The topological polar surface area (TPSA) is 81.7 Å². The molecular weight excluding hydrogens is 348 g/mol. The Balaban J connectivity index is 1.84. The van der Waals surface area contributed by atoms with Crippen LogP contribution in [0.5, 0.6) is 5.75 Å². The zero-order chi connectivity index (χ0) is 19.1. The van der Waals surface area contributed by atoms with Crippen LogP contribution >= 0.6 is 0 Å². The molecule has 2 aromatic carbocycles. The molecule has 0 aliphatic carbocycles. The van der Waals surface area contributed by atoms with E-state index in [1.807, 2.05) is 0 Å². The second kappa shape index (κ2) is 8.70. The lowest BCUT2D eigenvalue weighted by atomic mass is 10.1. The number of benzene rings is 2. The number of halogens is 2. The van der Waals surface area contributed by atoms with Crippen LogP contribution in [0.25, 0.3) is 0 Å². The number of carbonyl (C=O) groups is 3. The zero-order valence-corrected chi connectivity index (χ0v) is 13.8. The first-order valence-corrected chi connectivity index (χ1v) is 7.49. The van der Waals surface area contributed by atoms with Crippen molar-refractivity contribution in [2.45, 2.75) is 6.92 Å². The fourth-order valence-corrected chi connectivity index (χ4v) is 1.96. The Labute approximate surface area is 147 Å². The van der Waals surface area contributed by atoms with E-state index in [2.05, 4.69) is 5.32 Å². The molecular formula is C18H15F2NO5. The molecule has 0 aromatic heterocycles. The molecule has 0 saturated carbocycles. The fraction of sp³-hybridized carbons (Fsp3) is 0.167. The van der Waals surface area contributed by atoms with E-state index in [0.29, 0.717) is 0 Å². The first kappa shape index (κ1) is 19.0. The minimum Gasteiger partial charge on any atom is -0.482 e. The van der Waals surface area contributed by atoms with Gasteiger partial charge < -0.3 is 14.8 Å². The SMILES string of the molecule is CC(=O)Nc1ccc(C(=O)COC(=O)COc2ccc(F)cc2)c(F)c1. The number of rotatable bonds is 7. The molecule has 0 unspecified atom stereocenters. The van der Waals surface area contributed by atoms with Gasteiger partial charge in [-0.25, -0.2) is 13.6 Å². The number of nitrogens with one attached hydrogen (secondary N) is 1. The molecule has 0 saturated heterocycles. The molecule has 0 spiro atoms. The number of ether oxygens (including phenoxy) is 2.